The van der Waals surface area contributed by atoms with Gasteiger partial charge in [0.1, 0.15) is 17.1 Å². The number of benzene rings is 2. The van der Waals surface area contributed by atoms with E-state index in [9.17, 15) is 9.18 Å². The van der Waals surface area contributed by atoms with Gasteiger partial charge in [0.25, 0.3) is 0 Å². The number of carbonyl (C=O) groups is 1. The maximum atomic E-state index is 13.4. The number of rotatable bonds is 5. The maximum absolute atomic E-state index is 13.4. The summed E-state index contributed by atoms with van der Waals surface area (Å²) in [5.41, 5.74) is 1.69. The average Bonchev–Trinajstić information content (AvgIpc) is 3.22. The monoisotopic (exact) mass is 378 g/mol. The molecule has 144 valence electrons. The van der Waals surface area contributed by atoms with Crippen LogP contribution in [0.1, 0.15) is 38.2 Å². The van der Waals surface area contributed by atoms with Crippen molar-refractivity contribution in [2.75, 3.05) is 11.9 Å². The zero-order valence-electron chi connectivity index (χ0n) is 15.9. The average molecular weight is 378 g/mol. The van der Waals surface area contributed by atoms with Crippen molar-refractivity contribution in [1.82, 2.24) is 4.98 Å². The summed E-state index contributed by atoms with van der Waals surface area (Å²) in [6.45, 7) is 2.47. The lowest BCUT2D eigenvalue weighted by molar-refractivity contribution is -0.121. The molecule has 4 nitrogen and oxygen atoms in total. The summed E-state index contributed by atoms with van der Waals surface area (Å²) >= 11 is 0. The van der Waals surface area contributed by atoms with Crippen LogP contribution in [0.25, 0.3) is 10.9 Å². The fourth-order valence-electron chi connectivity index (χ4n) is 4.16. The van der Waals surface area contributed by atoms with E-state index < -0.39 is 5.41 Å². The lowest BCUT2D eigenvalue weighted by Crippen LogP contribution is -2.38. The zero-order chi connectivity index (χ0) is 19.6. The largest absolute Gasteiger partial charge is 0.492 e. The second kappa shape index (κ2) is 7.58. The summed E-state index contributed by atoms with van der Waals surface area (Å²) in [5.74, 6) is 0.358. The molecule has 0 radical (unpaired) electrons. The van der Waals surface area contributed by atoms with Gasteiger partial charge < -0.3 is 10.1 Å². The summed E-state index contributed by atoms with van der Waals surface area (Å²) in [5, 5.41) is 3.96. The second-order valence-corrected chi connectivity index (χ2v) is 7.19. The van der Waals surface area contributed by atoms with E-state index in [1.54, 1.807) is 18.3 Å². The smallest absolute Gasteiger partial charge is 0.235 e. The molecule has 1 aromatic heterocycles. The Morgan fingerprint density at radius 3 is 2.61 bits per heavy atom. The van der Waals surface area contributed by atoms with Gasteiger partial charge in [-0.3, -0.25) is 9.78 Å². The SMILES string of the molecule is CCOc1ccc(NC(=O)C2(c3ccc(F)cc3)CCCC2)c2cccnc12. The first kappa shape index (κ1) is 18.4. The van der Waals surface area contributed by atoms with Gasteiger partial charge in [0.15, 0.2) is 0 Å². The number of hydrogen-bond acceptors (Lipinski definition) is 3. The van der Waals surface area contributed by atoms with Crippen molar-refractivity contribution < 1.29 is 13.9 Å². The van der Waals surface area contributed by atoms with Crippen molar-refractivity contribution in [2.24, 2.45) is 0 Å². The predicted octanol–water partition coefficient (Wildman–Crippen LogP) is 5.22. The van der Waals surface area contributed by atoms with Gasteiger partial charge >= 0.3 is 0 Å². The number of pyridine rings is 1. The Kier molecular flexibility index (Phi) is 4.99. The van der Waals surface area contributed by atoms with Crippen LogP contribution in [-0.2, 0) is 10.2 Å². The van der Waals surface area contributed by atoms with Gasteiger partial charge in [0.2, 0.25) is 5.91 Å². The van der Waals surface area contributed by atoms with E-state index in [2.05, 4.69) is 10.3 Å². The molecule has 1 heterocycles. The maximum Gasteiger partial charge on any atom is 0.235 e. The molecule has 0 bridgehead atoms. The van der Waals surface area contributed by atoms with Crippen LogP contribution in [0.4, 0.5) is 10.1 Å². The molecule has 2 aromatic carbocycles. The van der Waals surface area contributed by atoms with Crippen LogP contribution < -0.4 is 10.1 Å². The van der Waals surface area contributed by atoms with Crippen molar-refractivity contribution in [3.8, 4) is 5.75 Å². The number of hydrogen-bond donors (Lipinski definition) is 1. The first-order chi connectivity index (χ1) is 13.6. The molecule has 1 aliphatic rings. The lowest BCUT2D eigenvalue weighted by Gasteiger charge is -2.28. The minimum Gasteiger partial charge on any atom is -0.492 e. The van der Waals surface area contributed by atoms with Crippen molar-refractivity contribution in [2.45, 2.75) is 38.0 Å². The third-order valence-electron chi connectivity index (χ3n) is 5.57. The van der Waals surface area contributed by atoms with Crippen molar-refractivity contribution in [1.29, 1.82) is 0 Å². The van der Waals surface area contributed by atoms with Crippen LogP contribution in [0.3, 0.4) is 0 Å². The van der Waals surface area contributed by atoms with Gasteiger partial charge in [-0.05, 0) is 61.7 Å². The van der Waals surface area contributed by atoms with Crippen LogP contribution >= 0.6 is 0 Å². The van der Waals surface area contributed by atoms with Crippen LogP contribution in [-0.4, -0.2) is 17.5 Å². The topological polar surface area (TPSA) is 51.2 Å². The van der Waals surface area contributed by atoms with Crippen LogP contribution in [0.5, 0.6) is 5.75 Å². The van der Waals surface area contributed by atoms with Gasteiger partial charge in [-0.1, -0.05) is 25.0 Å². The van der Waals surface area contributed by atoms with Crippen LogP contribution in [0.15, 0.2) is 54.7 Å². The zero-order valence-corrected chi connectivity index (χ0v) is 15.9. The summed E-state index contributed by atoms with van der Waals surface area (Å²) in [6, 6.07) is 13.8. The van der Waals surface area contributed by atoms with E-state index in [4.69, 9.17) is 4.74 Å². The number of fused-ring (bicyclic) bond motifs is 1. The first-order valence-electron chi connectivity index (χ1n) is 9.72. The quantitative estimate of drug-likeness (QED) is 0.662. The molecule has 0 spiro atoms. The number of halogens is 1. The fraction of sp³-hybridized carbons (Fsp3) is 0.304. The van der Waals surface area contributed by atoms with Crippen molar-refractivity contribution in [3.05, 3.63) is 66.1 Å². The standard InChI is InChI=1S/C23H23FN2O2/c1-2-28-20-12-11-19(18-6-5-15-25-21(18)20)26-22(27)23(13-3-4-14-23)16-7-9-17(24)10-8-16/h5-12,15H,2-4,13-14H2,1H3,(H,26,27). The van der Waals surface area contributed by atoms with E-state index in [1.807, 2.05) is 31.2 Å². The highest BCUT2D eigenvalue weighted by atomic mass is 19.1. The molecule has 5 heteroatoms. The Balaban J connectivity index is 1.71. The number of nitrogens with zero attached hydrogens (tertiary/aromatic N) is 1. The van der Waals surface area contributed by atoms with Gasteiger partial charge in [0.05, 0.1) is 17.7 Å². The van der Waals surface area contributed by atoms with E-state index in [1.165, 1.54) is 12.1 Å². The second-order valence-electron chi connectivity index (χ2n) is 7.19. The molecule has 1 fully saturated rings. The van der Waals surface area contributed by atoms with Crippen molar-refractivity contribution >= 4 is 22.5 Å². The Bertz CT molecular complexity index is 995. The highest BCUT2D eigenvalue weighted by Gasteiger charge is 2.42. The Hall–Kier alpha value is -2.95. The minimum absolute atomic E-state index is 0.0501. The molecule has 1 amide bonds. The van der Waals surface area contributed by atoms with E-state index in [-0.39, 0.29) is 11.7 Å². The number of ether oxygens (including phenoxy) is 1. The number of amides is 1. The summed E-state index contributed by atoms with van der Waals surface area (Å²) in [7, 11) is 0. The normalized spacial score (nSPS) is 15.5. The molecule has 4 rings (SSSR count). The summed E-state index contributed by atoms with van der Waals surface area (Å²) in [6.07, 6.45) is 5.20. The highest BCUT2D eigenvalue weighted by Crippen LogP contribution is 2.42. The molecule has 0 unspecified atom stereocenters. The molecule has 0 aliphatic heterocycles. The molecule has 3 aromatic rings. The summed E-state index contributed by atoms with van der Waals surface area (Å²) < 4.78 is 19.1. The van der Waals surface area contributed by atoms with Crippen molar-refractivity contribution in [3.63, 3.8) is 0 Å². The number of carbonyl (C=O) groups excluding carboxylic acids is 1. The van der Waals surface area contributed by atoms with E-state index >= 15 is 0 Å². The summed E-state index contributed by atoms with van der Waals surface area (Å²) in [4.78, 5) is 17.9. The molecular weight excluding hydrogens is 355 g/mol. The van der Waals surface area contributed by atoms with E-state index in [0.717, 1.165) is 42.1 Å². The third-order valence-corrected chi connectivity index (χ3v) is 5.57. The van der Waals surface area contributed by atoms with Crippen LogP contribution in [0, 0.1) is 5.82 Å². The lowest BCUT2D eigenvalue weighted by atomic mass is 9.78. The molecule has 1 saturated carbocycles. The Morgan fingerprint density at radius 1 is 1.14 bits per heavy atom. The predicted molar refractivity (Wildman–Crippen MR) is 108 cm³/mol. The van der Waals surface area contributed by atoms with Gasteiger partial charge in [-0.15, -0.1) is 0 Å². The fourth-order valence-corrected chi connectivity index (χ4v) is 4.16. The Labute approximate surface area is 163 Å². The van der Waals surface area contributed by atoms with E-state index in [0.29, 0.717) is 18.0 Å². The van der Waals surface area contributed by atoms with Gasteiger partial charge in [0, 0.05) is 11.6 Å². The molecular formula is C23H23FN2O2. The molecule has 1 aliphatic carbocycles. The Morgan fingerprint density at radius 2 is 1.89 bits per heavy atom. The molecule has 28 heavy (non-hydrogen) atoms. The van der Waals surface area contributed by atoms with Gasteiger partial charge in [-0.2, -0.15) is 0 Å². The number of anilines is 1. The molecule has 0 atom stereocenters. The molecule has 1 N–H and O–H groups in total. The minimum atomic E-state index is -0.624. The van der Waals surface area contributed by atoms with Crippen LogP contribution in [0.2, 0.25) is 0 Å². The number of aromatic nitrogens is 1. The third kappa shape index (κ3) is 3.21. The van der Waals surface area contributed by atoms with Gasteiger partial charge in [-0.25, -0.2) is 4.39 Å². The number of nitrogens with one attached hydrogen (secondary N) is 1. The highest BCUT2D eigenvalue weighted by molar-refractivity contribution is 6.06. The molecule has 0 saturated heterocycles. The first-order valence-corrected chi connectivity index (χ1v) is 9.72.